The molecule has 1 N–H and O–H groups in total. The highest BCUT2D eigenvalue weighted by atomic mass is 32.1. The lowest BCUT2D eigenvalue weighted by molar-refractivity contribution is 0.550. The lowest BCUT2D eigenvalue weighted by Crippen LogP contribution is -2.18. The summed E-state index contributed by atoms with van der Waals surface area (Å²) in [5.41, 5.74) is 2.10. The highest BCUT2D eigenvalue weighted by Gasteiger charge is 2.10. The van der Waals surface area contributed by atoms with Crippen LogP contribution in [0.1, 0.15) is 18.9 Å². The molecule has 0 spiro atoms. The number of para-hydroxylation sites is 1. The minimum Gasteiger partial charge on any atom is -0.310 e. The first-order valence-corrected chi connectivity index (χ1v) is 7.93. The molecule has 2 heterocycles. The maximum atomic E-state index is 4.39. The van der Waals surface area contributed by atoms with Crippen molar-refractivity contribution in [1.29, 1.82) is 0 Å². The number of aromatic nitrogens is 3. The molecule has 21 heavy (non-hydrogen) atoms. The summed E-state index contributed by atoms with van der Waals surface area (Å²) in [5.74, 6) is 0.640. The topological polar surface area (TPSA) is 50.7 Å². The molecule has 0 aliphatic heterocycles. The van der Waals surface area contributed by atoms with Crippen molar-refractivity contribution in [1.82, 2.24) is 20.5 Å². The smallest absolute Gasteiger partial charge is 0.148 e. The van der Waals surface area contributed by atoms with Gasteiger partial charge in [0.05, 0.1) is 5.52 Å². The van der Waals surface area contributed by atoms with Gasteiger partial charge in [-0.05, 0) is 24.6 Å². The summed E-state index contributed by atoms with van der Waals surface area (Å²) in [5, 5.41) is 15.1. The van der Waals surface area contributed by atoms with Crippen LogP contribution >= 0.6 is 11.3 Å². The van der Waals surface area contributed by atoms with Gasteiger partial charge in [0.2, 0.25) is 0 Å². The van der Waals surface area contributed by atoms with Gasteiger partial charge in [0, 0.05) is 23.7 Å². The van der Waals surface area contributed by atoms with Crippen molar-refractivity contribution in [2.45, 2.75) is 20.4 Å². The van der Waals surface area contributed by atoms with Gasteiger partial charge in [-0.15, -0.1) is 10.2 Å². The molecule has 0 fully saturated rings. The molecule has 0 saturated carbocycles. The molecular formula is C16H18N4S. The number of hydrogen-bond donors (Lipinski definition) is 1. The van der Waals surface area contributed by atoms with Crippen molar-refractivity contribution in [3.63, 3.8) is 0 Å². The number of fused-ring (bicyclic) bond motifs is 1. The second-order valence-electron chi connectivity index (χ2n) is 5.40. The largest absolute Gasteiger partial charge is 0.310 e. The first kappa shape index (κ1) is 14.1. The van der Waals surface area contributed by atoms with E-state index >= 15 is 0 Å². The zero-order valence-corrected chi connectivity index (χ0v) is 13.0. The molecule has 1 aromatic carbocycles. The summed E-state index contributed by atoms with van der Waals surface area (Å²) >= 11 is 1.64. The third-order valence-corrected chi connectivity index (χ3v) is 4.13. The first-order chi connectivity index (χ1) is 10.2. The Balaban J connectivity index is 1.85. The van der Waals surface area contributed by atoms with Gasteiger partial charge in [0.15, 0.2) is 0 Å². The van der Waals surface area contributed by atoms with Gasteiger partial charge in [-0.25, -0.2) is 0 Å². The van der Waals surface area contributed by atoms with Gasteiger partial charge in [-0.2, -0.15) is 0 Å². The second kappa shape index (κ2) is 6.28. The maximum Gasteiger partial charge on any atom is 0.148 e. The normalized spacial score (nSPS) is 11.4. The van der Waals surface area contributed by atoms with Crippen LogP contribution in [0.15, 0.2) is 36.5 Å². The Hall–Kier alpha value is -1.85. The predicted octanol–water partition coefficient (Wildman–Crippen LogP) is 3.50. The predicted molar refractivity (Wildman–Crippen MR) is 87.2 cm³/mol. The van der Waals surface area contributed by atoms with Gasteiger partial charge in [-0.1, -0.05) is 43.4 Å². The third kappa shape index (κ3) is 3.25. The Morgan fingerprint density at radius 2 is 2.00 bits per heavy atom. The lowest BCUT2D eigenvalue weighted by atomic mass is 10.1. The molecule has 0 radical (unpaired) electrons. The summed E-state index contributed by atoms with van der Waals surface area (Å²) in [6.45, 7) is 6.16. The molecule has 0 saturated heterocycles. The van der Waals surface area contributed by atoms with E-state index in [4.69, 9.17) is 0 Å². The molecule has 0 amide bonds. The standard InChI is InChI=1S/C16H18N4S/c1-11(2)9-17-10-15-19-20-16(21-15)13-7-8-18-14-6-4-3-5-12(13)14/h3-8,11,17H,9-10H2,1-2H3. The molecule has 0 bridgehead atoms. The highest BCUT2D eigenvalue weighted by Crippen LogP contribution is 2.29. The summed E-state index contributed by atoms with van der Waals surface area (Å²) in [4.78, 5) is 4.39. The lowest BCUT2D eigenvalue weighted by Gasteiger charge is -2.04. The van der Waals surface area contributed by atoms with Crippen molar-refractivity contribution in [3.8, 4) is 10.6 Å². The van der Waals surface area contributed by atoms with Crippen LogP contribution in [0.5, 0.6) is 0 Å². The van der Waals surface area contributed by atoms with Gasteiger partial charge in [0.1, 0.15) is 10.0 Å². The van der Waals surface area contributed by atoms with E-state index in [1.165, 1.54) is 0 Å². The van der Waals surface area contributed by atoms with Crippen LogP contribution in [0.4, 0.5) is 0 Å². The monoisotopic (exact) mass is 298 g/mol. The van der Waals surface area contributed by atoms with E-state index in [2.05, 4.69) is 40.4 Å². The van der Waals surface area contributed by atoms with Crippen LogP contribution in [-0.2, 0) is 6.54 Å². The zero-order chi connectivity index (χ0) is 14.7. The van der Waals surface area contributed by atoms with E-state index in [9.17, 15) is 0 Å². The fourth-order valence-electron chi connectivity index (χ4n) is 2.18. The van der Waals surface area contributed by atoms with Gasteiger partial charge >= 0.3 is 0 Å². The zero-order valence-electron chi connectivity index (χ0n) is 12.2. The molecule has 0 aliphatic carbocycles. The molecule has 2 aromatic heterocycles. The first-order valence-electron chi connectivity index (χ1n) is 7.11. The van der Waals surface area contributed by atoms with Crippen LogP contribution in [0.3, 0.4) is 0 Å². The molecule has 4 nitrogen and oxygen atoms in total. The van der Waals surface area contributed by atoms with Crippen molar-refractivity contribution in [3.05, 3.63) is 41.5 Å². The second-order valence-corrected chi connectivity index (χ2v) is 6.46. The summed E-state index contributed by atoms with van der Waals surface area (Å²) < 4.78 is 0. The van der Waals surface area contributed by atoms with Crippen molar-refractivity contribution in [2.75, 3.05) is 6.54 Å². The van der Waals surface area contributed by atoms with Crippen molar-refractivity contribution < 1.29 is 0 Å². The molecule has 0 atom stereocenters. The molecule has 0 unspecified atom stereocenters. The minimum atomic E-state index is 0.640. The van der Waals surface area contributed by atoms with Gasteiger partial charge in [0.25, 0.3) is 0 Å². The van der Waals surface area contributed by atoms with E-state index in [0.29, 0.717) is 5.92 Å². The summed E-state index contributed by atoms with van der Waals surface area (Å²) in [7, 11) is 0. The van der Waals surface area contributed by atoms with Crippen LogP contribution in [-0.4, -0.2) is 21.7 Å². The van der Waals surface area contributed by atoms with Gasteiger partial charge < -0.3 is 5.32 Å². The average Bonchev–Trinajstić information content (AvgIpc) is 2.95. The van der Waals surface area contributed by atoms with Crippen molar-refractivity contribution >= 4 is 22.2 Å². The number of pyridine rings is 1. The Kier molecular flexibility index (Phi) is 4.22. The quantitative estimate of drug-likeness (QED) is 0.783. The summed E-state index contributed by atoms with van der Waals surface area (Å²) in [6, 6.07) is 10.1. The molecule has 5 heteroatoms. The van der Waals surface area contributed by atoms with E-state index in [0.717, 1.165) is 39.6 Å². The SMILES string of the molecule is CC(C)CNCc1nnc(-c2ccnc3ccccc23)s1. The molecule has 3 aromatic rings. The highest BCUT2D eigenvalue weighted by molar-refractivity contribution is 7.14. The molecule has 108 valence electrons. The van der Waals surface area contributed by atoms with E-state index in [-0.39, 0.29) is 0 Å². The van der Waals surface area contributed by atoms with Gasteiger partial charge in [-0.3, -0.25) is 4.98 Å². The number of benzene rings is 1. The van der Waals surface area contributed by atoms with E-state index < -0.39 is 0 Å². The minimum absolute atomic E-state index is 0.640. The average molecular weight is 298 g/mol. The number of nitrogens with zero attached hydrogens (tertiary/aromatic N) is 3. The van der Waals surface area contributed by atoms with Crippen LogP contribution in [0.2, 0.25) is 0 Å². The fourth-order valence-corrected chi connectivity index (χ4v) is 3.03. The van der Waals surface area contributed by atoms with E-state index in [1.54, 1.807) is 11.3 Å². The van der Waals surface area contributed by atoms with Crippen LogP contribution in [0.25, 0.3) is 21.5 Å². The Labute approximate surface area is 128 Å². The Morgan fingerprint density at radius 3 is 2.86 bits per heavy atom. The number of nitrogens with one attached hydrogen (secondary N) is 1. The fraction of sp³-hybridized carbons (Fsp3) is 0.312. The molecule has 0 aliphatic rings. The molecular weight excluding hydrogens is 280 g/mol. The number of rotatable bonds is 5. The Bertz CT molecular complexity index is 730. The Morgan fingerprint density at radius 1 is 1.14 bits per heavy atom. The maximum absolute atomic E-state index is 4.39. The van der Waals surface area contributed by atoms with Crippen molar-refractivity contribution in [2.24, 2.45) is 5.92 Å². The summed E-state index contributed by atoms with van der Waals surface area (Å²) in [6.07, 6.45) is 1.83. The van der Waals surface area contributed by atoms with Crippen LogP contribution < -0.4 is 5.32 Å². The van der Waals surface area contributed by atoms with E-state index in [1.807, 2.05) is 30.5 Å². The number of hydrogen-bond acceptors (Lipinski definition) is 5. The third-order valence-electron chi connectivity index (χ3n) is 3.18. The van der Waals surface area contributed by atoms with Crippen LogP contribution in [0, 0.1) is 5.92 Å². The molecule has 3 rings (SSSR count).